The number of hydrogen-bond donors (Lipinski definition) is 0. The van der Waals surface area contributed by atoms with Gasteiger partial charge in [0.1, 0.15) is 0 Å². The van der Waals surface area contributed by atoms with Crippen LogP contribution in [0.15, 0.2) is 0 Å². The van der Waals surface area contributed by atoms with Gasteiger partial charge in [-0.1, -0.05) is 11.3 Å². The van der Waals surface area contributed by atoms with Crippen LogP contribution in [0, 0.1) is 0 Å². The van der Waals surface area contributed by atoms with Crippen molar-refractivity contribution in [2.45, 2.75) is 18.0 Å². The highest BCUT2D eigenvalue weighted by Crippen LogP contribution is 2.35. The molecule has 3 nitrogen and oxygen atoms in total. The number of aromatic nitrogens is 2. The quantitative estimate of drug-likeness (QED) is 0.724. The summed E-state index contributed by atoms with van der Waals surface area (Å²) in [6.45, 7) is 1.18. The molecule has 1 unspecified atom stereocenters. The Morgan fingerprint density at radius 3 is 2.60 bits per heavy atom. The maximum Gasteiger partial charge on any atom is 0.445 e. The van der Waals surface area contributed by atoms with E-state index in [0.717, 1.165) is 6.42 Å². The van der Waals surface area contributed by atoms with Crippen molar-refractivity contribution in [3.05, 3.63) is 5.01 Å². The average molecular weight is 258 g/mol. The van der Waals surface area contributed by atoms with E-state index in [-0.39, 0.29) is 5.38 Å². The number of nitrogens with zero attached hydrogens (tertiary/aromatic N) is 3. The van der Waals surface area contributed by atoms with Gasteiger partial charge >= 0.3 is 6.18 Å². The van der Waals surface area contributed by atoms with Crippen molar-refractivity contribution in [2.24, 2.45) is 0 Å². The van der Waals surface area contributed by atoms with Crippen molar-refractivity contribution in [3.63, 3.8) is 0 Å². The van der Waals surface area contributed by atoms with Crippen LogP contribution >= 0.6 is 22.9 Å². The fraction of sp³-hybridized carbons (Fsp3) is 0.714. The molecule has 1 aliphatic rings. The molecule has 1 aromatic heterocycles. The second-order valence-corrected chi connectivity index (χ2v) is 4.79. The number of anilines is 1. The number of alkyl halides is 4. The van der Waals surface area contributed by atoms with Crippen molar-refractivity contribution in [1.29, 1.82) is 0 Å². The Bertz CT molecular complexity index is 353. The number of rotatable bonds is 1. The van der Waals surface area contributed by atoms with Crippen molar-refractivity contribution in [1.82, 2.24) is 10.2 Å². The van der Waals surface area contributed by atoms with Crippen LogP contribution in [0.3, 0.4) is 0 Å². The third-order valence-electron chi connectivity index (χ3n) is 2.06. The standard InChI is InChI=1S/C7H7ClF3N3S/c8-4-1-2-14(3-4)6-13-12-5(15-6)7(9,10)11/h4H,1-3H2. The van der Waals surface area contributed by atoms with E-state index in [0.29, 0.717) is 29.6 Å². The van der Waals surface area contributed by atoms with Crippen LogP contribution in [0.4, 0.5) is 18.3 Å². The lowest BCUT2D eigenvalue weighted by Crippen LogP contribution is -2.19. The summed E-state index contributed by atoms with van der Waals surface area (Å²) < 4.78 is 36.7. The molecule has 0 N–H and O–H groups in total. The zero-order valence-electron chi connectivity index (χ0n) is 7.46. The molecular weight excluding hydrogens is 251 g/mol. The smallest absolute Gasteiger partial charge is 0.345 e. The van der Waals surface area contributed by atoms with Crippen LogP contribution in [-0.2, 0) is 6.18 Å². The van der Waals surface area contributed by atoms with E-state index >= 15 is 0 Å². The molecule has 2 heterocycles. The Morgan fingerprint density at radius 2 is 2.13 bits per heavy atom. The molecule has 8 heteroatoms. The summed E-state index contributed by atoms with van der Waals surface area (Å²) in [4.78, 5) is 1.73. The lowest BCUT2D eigenvalue weighted by molar-refractivity contribution is -0.138. The Balaban J connectivity index is 2.14. The monoisotopic (exact) mass is 257 g/mol. The molecular formula is C7H7ClF3N3S. The average Bonchev–Trinajstić information content (AvgIpc) is 2.69. The van der Waals surface area contributed by atoms with Gasteiger partial charge in [0.05, 0.1) is 5.38 Å². The summed E-state index contributed by atoms with van der Waals surface area (Å²) >= 11 is 6.41. The lowest BCUT2D eigenvalue weighted by Gasteiger charge is -2.11. The summed E-state index contributed by atoms with van der Waals surface area (Å²) in [6, 6.07) is 0. The second kappa shape index (κ2) is 3.79. The van der Waals surface area contributed by atoms with E-state index in [1.807, 2.05) is 0 Å². The van der Waals surface area contributed by atoms with Gasteiger partial charge in [-0.25, -0.2) is 0 Å². The van der Waals surface area contributed by atoms with E-state index in [4.69, 9.17) is 11.6 Å². The Kier molecular flexibility index (Phi) is 2.76. The molecule has 1 aromatic rings. The van der Waals surface area contributed by atoms with Gasteiger partial charge in [0.15, 0.2) is 0 Å². The lowest BCUT2D eigenvalue weighted by atomic mass is 10.4. The number of hydrogen-bond acceptors (Lipinski definition) is 4. The molecule has 0 bridgehead atoms. The molecule has 0 spiro atoms. The SMILES string of the molecule is FC(F)(F)c1nnc(N2CCC(Cl)C2)s1. The topological polar surface area (TPSA) is 29.0 Å². The number of halogens is 4. The third kappa shape index (κ3) is 2.34. The van der Waals surface area contributed by atoms with Gasteiger partial charge in [-0.15, -0.1) is 21.8 Å². The van der Waals surface area contributed by atoms with Gasteiger partial charge in [-0.3, -0.25) is 0 Å². The van der Waals surface area contributed by atoms with Crippen LogP contribution in [0.1, 0.15) is 11.4 Å². The second-order valence-electron chi connectivity index (χ2n) is 3.22. The highest BCUT2D eigenvalue weighted by Gasteiger charge is 2.36. The molecule has 2 rings (SSSR count). The van der Waals surface area contributed by atoms with Crippen LogP contribution in [-0.4, -0.2) is 28.7 Å². The summed E-state index contributed by atoms with van der Waals surface area (Å²) in [5.74, 6) is 0. The van der Waals surface area contributed by atoms with E-state index in [1.165, 1.54) is 0 Å². The zero-order valence-corrected chi connectivity index (χ0v) is 9.03. The molecule has 0 saturated carbocycles. The molecule has 0 radical (unpaired) electrons. The van der Waals surface area contributed by atoms with Crippen molar-refractivity contribution < 1.29 is 13.2 Å². The Hall–Kier alpha value is -0.560. The first kappa shape index (κ1) is 10.9. The first-order chi connectivity index (χ1) is 6.97. The molecule has 1 atom stereocenters. The summed E-state index contributed by atoms with van der Waals surface area (Å²) in [5, 5.41) is 6.01. The molecule has 1 aliphatic heterocycles. The minimum Gasteiger partial charge on any atom is -0.345 e. The van der Waals surface area contributed by atoms with E-state index in [1.54, 1.807) is 4.90 Å². The third-order valence-corrected chi connectivity index (χ3v) is 3.44. The van der Waals surface area contributed by atoms with Gasteiger partial charge in [-0.2, -0.15) is 13.2 Å². The maximum atomic E-state index is 12.2. The van der Waals surface area contributed by atoms with Crippen LogP contribution in [0.25, 0.3) is 0 Å². The Labute approximate surface area is 92.9 Å². The van der Waals surface area contributed by atoms with Gasteiger partial charge in [0.25, 0.3) is 0 Å². The van der Waals surface area contributed by atoms with Gasteiger partial charge in [-0.05, 0) is 6.42 Å². The largest absolute Gasteiger partial charge is 0.445 e. The summed E-state index contributed by atoms with van der Waals surface area (Å²) in [7, 11) is 0. The van der Waals surface area contributed by atoms with Gasteiger partial charge < -0.3 is 4.90 Å². The predicted octanol–water partition coefficient (Wildman–Crippen LogP) is 2.37. The first-order valence-electron chi connectivity index (χ1n) is 4.26. The molecule has 0 aromatic carbocycles. The highest BCUT2D eigenvalue weighted by atomic mass is 35.5. The van der Waals surface area contributed by atoms with Crippen LogP contribution < -0.4 is 4.90 Å². The van der Waals surface area contributed by atoms with Crippen molar-refractivity contribution in [3.8, 4) is 0 Å². The molecule has 84 valence electrons. The summed E-state index contributed by atoms with van der Waals surface area (Å²) in [6.07, 6.45) is -3.64. The van der Waals surface area contributed by atoms with Crippen LogP contribution in [0.2, 0.25) is 0 Å². The summed E-state index contributed by atoms with van der Waals surface area (Å²) in [5.41, 5.74) is 0. The molecule has 0 amide bonds. The van der Waals surface area contributed by atoms with E-state index < -0.39 is 11.2 Å². The van der Waals surface area contributed by atoms with E-state index in [9.17, 15) is 13.2 Å². The van der Waals surface area contributed by atoms with Crippen molar-refractivity contribution >= 4 is 28.1 Å². The van der Waals surface area contributed by atoms with Crippen molar-refractivity contribution in [2.75, 3.05) is 18.0 Å². The van der Waals surface area contributed by atoms with Gasteiger partial charge in [0.2, 0.25) is 10.1 Å². The molecule has 0 aliphatic carbocycles. The zero-order chi connectivity index (χ0) is 11.1. The van der Waals surface area contributed by atoms with Crippen LogP contribution in [0.5, 0.6) is 0 Å². The maximum absolute atomic E-state index is 12.2. The minimum absolute atomic E-state index is 0.0109. The molecule has 15 heavy (non-hydrogen) atoms. The predicted molar refractivity (Wildman–Crippen MR) is 51.4 cm³/mol. The minimum atomic E-state index is -4.41. The first-order valence-corrected chi connectivity index (χ1v) is 5.52. The fourth-order valence-corrected chi connectivity index (χ4v) is 2.36. The molecule has 1 fully saturated rings. The fourth-order valence-electron chi connectivity index (χ4n) is 1.35. The highest BCUT2D eigenvalue weighted by molar-refractivity contribution is 7.15. The Morgan fingerprint density at radius 1 is 1.40 bits per heavy atom. The van der Waals surface area contributed by atoms with E-state index in [2.05, 4.69) is 10.2 Å². The normalized spacial score (nSPS) is 22.4. The molecule has 1 saturated heterocycles. The van der Waals surface area contributed by atoms with Gasteiger partial charge in [0, 0.05) is 13.1 Å².